The van der Waals surface area contributed by atoms with E-state index in [0.29, 0.717) is 6.61 Å². The summed E-state index contributed by atoms with van der Waals surface area (Å²) in [6.45, 7) is 5.44. The lowest BCUT2D eigenvalue weighted by Gasteiger charge is -2.40. The summed E-state index contributed by atoms with van der Waals surface area (Å²) in [6, 6.07) is 9.82. The fourth-order valence-electron chi connectivity index (χ4n) is 3.59. The number of carbonyl (C=O) groups is 1. The van der Waals surface area contributed by atoms with E-state index in [1.165, 1.54) is 6.92 Å². The van der Waals surface area contributed by atoms with Crippen molar-refractivity contribution in [2.24, 2.45) is 0 Å². The lowest BCUT2D eigenvalue weighted by atomic mass is 9.98. The lowest BCUT2D eigenvalue weighted by Crippen LogP contribution is -2.61. The molecule has 0 unspecified atom stereocenters. The SMILES string of the molecule is CC(=O)O[C@@]12CO[C@H](O1)[C@H](OCc1ccccc1)[C@H]1OC(C)(C)O[C@H]12. The van der Waals surface area contributed by atoms with Crippen molar-refractivity contribution in [3.8, 4) is 0 Å². The minimum Gasteiger partial charge on any atom is -0.427 e. The largest absolute Gasteiger partial charge is 0.427 e. The van der Waals surface area contributed by atoms with Crippen molar-refractivity contribution in [1.82, 2.24) is 0 Å². The van der Waals surface area contributed by atoms with Crippen molar-refractivity contribution in [2.75, 3.05) is 6.61 Å². The maximum atomic E-state index is 11.6. The fraction of sp³-hybridized carbons (Fsp3) is 0.611. The van der Waals surface area contributed by atoms with Crippen LogP contribution in [0.3, 0.4) is 0 Å². The van der Waals surface area contributed by atoms with Gasteiger partial charge in [-0.3, -0.25) is 4.79 Å². The molecule has 25 heavy (non-hydrogen) atoms. The summed E-state index contributed by atoms with van der Waals surface area (Å²) < 4.78 is 35.1. The van der Waals surface area contributed by atoms with Gasteiger partial charge >= 0.3 is 5.97 Å². The summed E-state index contributed by atoms with van der Waals surface area (Å²) in [5.41, 5.74) is 1.03. The number of esters is 1. The highest BCUT2D eigenvalue weighted by Crippen LogP contribution is 2.47. The summed E-state index contributed by atoms with van der Waals surface area (Å²) in [5, 5.41) is 0. The Kier molecular flexibility index (Phi) is 4.09. The maximum absolute atomic E-state index is 11.6. The topological polar surface area (TPSA) is 72.5 Å². The van der Waals surface area contributed by atoms with Gasteiger partial charge in [-0.15, -0.1) is 0 Å². The highest BCUT2D eigenvalue weighted by atomic mass is 16.9. The summed E-state index contributed by atoms with van der Waals surface area (Å²) in [6.07, 6.45) is -2.25. The van der Waals surface area contributed by atoms with Crippen LogP contribution in [0.1, 0.15) is 26.3 Å². The molecule has 1 aromatic carbocycles. The predicted molar refractivity (Wildman–Crippen MR) is 84.2 cm³/mol. The van der Waals surface area contributed by atoms with E-state index < -0.39 is 42.1 Å². The van der Waals surface area contributed by atoms with Crippen LogP contribution in [0, 0.1) is 0 Å². The molecule has 3 fully saturated rings. The number of fused-ring (bicyclic) bond motifs is 4. The van der Waals surface area contributed by atoms with Gasteiger partial charge in [0.05, 0.1) is 6.61 Å². The molecule has 7 nitrogen and oxygen atoms in total. The van der Waals surface area contributed by atoms with Crippen LogP contribution in [0.15, 0.2) is 30.3 Å². The second-order valence-electron chi connectivity index (χ2n) is 6.98. The van der Waals surface area contributed by atoms with Crippen LogP contribution >= 0.6 is 0 Å². The van der Waals surface area contributed by atoms with E-state index in [4.69, 9.17) is 28.4 Å². The molecular formula is C18H22O7. The minimum absolute atomic E-state index is 0.0864. The van der Waals surface area contributed by atoms with E-state index in [-0.39, 0.29) is 6.61 Å². The maximum Gasteiger partial charge on any atom is 0.305 e. The molecule has 136 valence electrons. The molecule has 4 rings (SSSR count). The van der Waals surface area contributed by atoms with E-state index in [2.05, 4.69) is 0 Å². The molecule has 5 atom stereocenters. The Morgan fingerprint density at radius 3 is 2.68 bits per heavy atom. The van der Waals surface area contributed by atoms with Crippen LogP contribution in [-0.2, 0) is 39.8 Å². The summed E-state index contributed by atoms with van der Waals surface area (Å²) in [5.74, 6) is -2.58. The van der Waals surface area contributed by atoms with Crippen LogP contribution < -0.4 is 0 Å². The van der Waals surface area contributed by atoms with Crippen LogP contribution in [0.25, 0.3) is 0 Å². The minimum atomic E-state index is -1.29. The third-order valence-electron chi connectivity index (χ3n) is 4.52. The van der Waals surface area contributed by atoms with Gasteiger partial charge in [0.25, 0.3) is 5.79 Å². The molecule has 0 amide bonds. The first-order valence-electron chi connectivity index (χ1n) is 8.39. The van der Waals surface area contributed by atoms with E-state index in [1.54, 1.807) is 0 Å². The number of ether oxygens (including phenoxy) is 6. The van der Waals surface area contributed by atoms with E-state index in [1.807, 2.05) is 44.2 Å². The summed E-state index contributed by atoms with van der Waals surface area (Å²) >= 11 is 0. The molecule has 0 N–H and O–H groups in total. The Balaban J connectivity index is 1.56. The summed E-state index contributed by atoms with van der Waals surface area (Å²) in [4.78, 5) is 11.6. The second-order valence-corrected chi connectivity index (χ2v) is 6.98. The average Bonchev–Trinajstić information content (AvgIpc) is 3.08. The van der Waals surface area contributed by atoms with Crippen molar-refractivity contribution < 1.29 is 33.2 Å². The van der Waals surface area contributed by atoms with Gasteiger partial charge in [-0.05, 0) is 19.4 Å². The molecule has 2 bridgehead atoms. The number of rotatable bonds is 4. The van der Waals surface area contributed by atoms with Crippen molar-refractivity contribution in [2.45, 2.75) is 63.6 Å². The molecule has 3 heterocycles. The third-order valence-corrected chi connectivity index (χ3v) is 4.52. The van der Waals surface area contributed by atoms with Crippen molar-refractivity contribution >= 4 is 5.97 Å². The summed E-state index contributed by atoms with van der Waals surface area (Å²) in [7, 11) is 0. The van der Waals surface area contributed by atoms with Gasteiger partial charge in [-0.2, -0.15) is 0 Å². The van der Waals surface area contributed by atoms with Gasteiger partial charge in [0, 0.05) is 6.92 Å². The predicted octanol–water partition coefficient (Wildman–Crippen LogP) is 1.74. The van der Waals surface area contributed by atoms with E-state index in [9.17, 15) is 4.79 Å². The fourth-order valence-corrected chi connectivity index (χ4v) is 3.59. The molecule has 0 spiro atoms. The van der Waals surface area contributed by atoms with Gasteiger partial charge in [-0.1, -0.05) is 30.3 Å². The van der Waals surface area contributed by atoms with Gasteiger partial charge in [0.1, 0.15) is 18.8 Å². The monoisotopic (exact) mass is 350 g/mol. The Labute approximate surface area is 146 Å². The highest BCUT2D eigenvalue weighted by Gasteiger charge is 2.68. The molecule has 3 aliphatic heterocycles. The molecular weight excluding hydrogens is 328 g/mol. The molecule has 0 aliphatic carbocycles. The molecule has 7 heteroatoms. The smallest absolute Gasteiger partial charge is 0.305 e. The van der Waals surface area contributed by atoms with Crippen LogP contribution in [0.4, 0.5) is 0 Å². The zero-order valence-corrected chi connectivity index (χ0v) is 14.5. The molecule has 0 aromatic heterocycles. The number of hydrogen-bond donors (Lipinski definition) is 0. The Bertz CT molecular complexity index is 646. The van der Waals surface area contributed by atoms with Crippen LogP contribution in [-0.4, -0.2) is 48.8 Å². The zero-order valence-electron chi connectivity index (χ0n) is 14.5. The number of hydrogen-bond acceptors (Lipinski definition) is 7. The Morgan fingerprint density at radius 1 is 1.20 bits per heavy atom. The first kappa shape index (κ1) is 16.9. The average molecular weight is 350 g/mol. The normalized spacial score (nSPS) is 38.4. The first-order valence-corrected chi connectivity index (χ1v) is 8.39. The Hall–Kier alpha value is -1.51. The molecule has 0 radical (unpaired) electrons. The van der Waals surface area contributed by atoms with Crippen molar-refractivity contribution in [3.05, 3.63) is 35.9 Å². The van der Waals surface area contributed by atoms with Gasteiger partial charge in [0.15, 0.2) is 18.2 Å². The quantitative estimate of drug-likeness (QED) is 0.766. The number of benzene rings is 1. The van der Waals surface area contributed by atoms with Crippen LogP contribution in [0.5, 0.6) is 0 Å². The van der Waals surface area contributed by atoms with E-state index >= 15 is 0 Å². The molecule has 0 saturated carbocycles. The zero-order chi connectivity index (χ0) is 17.7. The Morgan fingerprint density at radius 2 is 1.96 bits per heavy atom. The first-order chi connectivity index (χ1) is 11.9. The number of carbonyl (C=O) groups excluding carboxylic acids is 1. The van der Waals surface area contributed by atoms with Crippen molar-refractivity contribution in [1.29, 1.82) is 0 Å². The standard InChI is InChI=1S/C18H22O7/c1-11(19)22-18-10-21-16(25-18)14(13-15(18)24-17(2,3)23-13)20-9-12-7-5-4-6-8-12/h4-8,13-16H,9-10H2,1-3H3/t13-,14-,15-,16-,18+/m1/s1. The highest BCUT2D eigenvalue weighted by molar-refractivity contribution is 5.66. The van der Waals surface area contributed by atoms with Gasteiger partial charge < -0.3 is 28.4 Å². The van der Waals surface area contributed by atoms with E-state index in [0.717, 1.165) is 5.56 Å². The second kappa shape index (κ2) is 6.03. The van der Waals surface area contributed by atoms with Crippen LogP contribution in [0.2, 0.25) is 0 Å². The van der Waals surface area contributed by atoms with Gasteiger partial charge in [0.2, 0.25) is 0 Å². The third kappa shape index (κ3) is 3.07. The molecule has 1 aromatic rings. The molecule has 3 aliphatic rings. The molecule has 3 saturated heterocycles. The van der Waals surface area contributed by atoms with Crippen molar-refractivity contribution in [3.63, 3.8) is 0 Å². The van der Waals surface area contributed by atoms with Gasteiger partial charge in [-0.25, -0.2) is 0 Å². The lowest BCUT2D eigenvalue weighted by molar-refractivity contribution is -0.312.